The van der Waals surface area contributed by atoms with Crippen molar-refractivity contribution in [3.8, 4) is 0 Å². The molecule has 0 bridgehead atoms. The van der Waals surface area contributed by atoms with E-state index < -0.39 is 33.8 Å². The van der Waals surface area contributed by atoms with Gasteiger partial charge >= 0.3 is 0 Å². The highest BCUT2D eigenvalue weighted by Gasteiger charge is 2.22. The van der Waals surface area contributed by atoms with Gasteiger partial charge in [0.2, 0.25) is 5.91 Å². The smallest absolute Gasteiger partial charge is 0.298 e. The Hall–Kier alpha value is -2.09. The van der Waals surface area contributed by atoms with Crippen LogP contribution in [0.5, 0.6) is 0 Å². The van der Waals surface area contributed by atoms with Crippen LogP contribution in [0.4, 0.5) is 20.2 Å². The van der Waals surface area contributed by atoms with E-state index in [4.69, 9.17) is 5.73 Å². The number of benzene rings is 1. The van der Waals surface area contributed by atoms with E-state index in [0.29, 0.717) is 31.5 Å². The van der Waals surface area contributed by atoms with Crippen LogP contribution in [0.15, 0.2) is 12.1 Å². The van der Waals surface area contributed by atoms with E-state index in [1.165, 1.54) is 0 Å². The normalized spacial score (nSPS) is 10.3. The zero-order valence-corrected chi connectivity index (χ0v) is 9.99. The number of nitrogens with two attached hydrogens (primary N) is 1. The van der Waals surface area contributed by atoms with Gasteiger partial charge in [-0.05, 0) is 19.4 Å². The van der Waals surface area contributed by atoms with Gasteiger partial charge in [-0.3, -0.25) is 14.9 Å². The molecular weight excluding hydrogens is 260 g/mol. The lowest BCUT2D eigenvalue weighted by atomic mass is 10.2. The summed E-state index contributed by atoms with van der Waals surface area (Å²) in [7, 11) is 0. The summed E-state index contributed by atoms with van der Waals surface area (Å²) in [6.45, 7) is 0.415. The first-order valence-corrected chi connectivity index (χ1v) is 5.59. The largest absolute Gasteiger partial charge is 0.330 e. The molecule has 8 heteroatoms. The van der Waals surface area contributed by atoms with Crippen molar-refractivity contribution in [1.82, 2.24) is 0 Å². The maximum Gasteiger partial charge on any atom is 0.298 e. The van der Waals surface area contributed by atoms with Crippen LogP contribution in [0.1, 0.15) is 19.3 Å². The van der Waals surface area contributed by atoms with Crippen molar-refractivity contribution in [3.63, 3.8) is 0 Å². The summed E-state index contributed by atoms with van der Waals surface area (Å²) >= 11 is 0. The summed E-state index contributed by atoms with van der Waals surface area (Å²) in [4.78, 5) is 21.2. The van der Waals surface area contributed by atoms with Crippen molar-refractivity contribution >= 4 is 17.3 Å². The summed E-state index contributed by atoms with van der Waals surface area (Å²) < 4.78 is 26.3. The summed E-state index contributed by atoms with van der Waals surface area (Å²) in [5.74, 6) is -2.84. The molecule has 0 aromatic heterocycles. The molecule has 1 aromatic rings. The molecule has 0 fully saturated rings. The molecule has 0 saturated heterocycles. The van der Waals surface area contributed by atoms with Gasteiger partial charge in [0.1, 0.15) is 5.82 Å². The first-order valence-electron chi connectivity index (χ1n) is 5.59. The molecule has 1 rings (SSSR count). The molecule has 0 atom stereocenters. The molecular formula is C11H13F2N3O3. The van der Waals surface area contributed by atoms with Gasteiger partial charge < -0.3 is 11.1 Å². The van der Waals surface area contributed by atoms with E-state index in [9.17, 15) is 23.7 Å². The Morgan fingerprint density at radius 3 is 2.63 bits per heavy atom. The first-order chi connectivity index (χ1) is 8.95. The van der Waals surface area contributed by atoms with Crippen LogP contribution in [0.3, 0.4) is 0 Å². The number of hydrogen-bond acceptors (Lipinski definition) is 4. The highest BCUT2D eigenvalue weighted by atomic mass is 19.1. The number of nitrogens with zero attached hydrogens (tertiary/aromatic N) is 1. The van der Waals surface area contributed by atoms with E-state index in [2.05, 4.69) is 5.32 Å². The van der Waals surface area contributed by atoms with Crippen LogP contribution in [-0.2, 0) is 4.79 Å². The van der Waals surface area contributed by atoms with Crippen molar-refractivity contribution in [2.24, 2.45) is 5.73 Å². The molecule has 104 valence electrons. The monoisotopic (exact) mass is 273 g/mol. The molecule has 1 aromatic carbocycles. The zero-order chi connectivity index (χ0) is 14.4. The van der Waals surface area contributed by atoms with E-state index in [0.717, 1.165) is 0 Å². The SMILES string of the molecule is NCCCCC(=O)Nc1c(F)cc(F)cc1[N+](=O)[O-]. The number of halogens is 2. The predicted octanol–water partition coefficient (Wildman–Crippen LogP) is 1.94. The summed E-state index contributed by atoms with van der Waals surface area (Å²) in [5, 5.41) is 12.8. The van der Waals surface area contributed by atoms with E-state index in [-0.39, 0.29) is 6.42 Å². The topological polar surface area (TPSA) is 98.3 Å². The lowest BCUT2D eigenvalue weighted by Gasteiger charge is -2.07. The highest BCUT2D eigenvalue weighted by Crippen LogP contribution is 2.28. The Labute approximate surface area is 107 Å². The quantitative estimate of drug-likeness (QED) is 0.470. The molecule has 19 heavy (non-hydrogen) atoms. The number of anilines is 1. The summed E-state index contributed by atoms with van der Waals surface area (Å²) in [6.07, 6.45) is 1.16. The number of carbonyl (C=O) groups is 1. The third-order valence-corrected chi connectivity index (χ3v) is 2.35. The van der Waals surface area contributed by atoms with E-state index >= 15 is 0 Å². The Kier molecular flexibility index (Phi) is 5.31. The molecule has 0 unspecified atom stereocenters. The van der Waals surface area contributed by atoms with Gasteiger partial charge in [0.25, 0.3) is 5.69 Å². The molecule has 0 heterocycles. The number of unbranched alkanes of at least 4 members (excludes halogenated alkanes) is 1. The van der Waals surface area contributed by atoms with Crippen LogP contribution in [0, 0.1) is 21.7 Å². The average molecular weight is 273 g/mol. The molecule has 0 spiro atoms. The van der Waals surface area contributed by atoms with Gasteiger partial charge in [-0.2, -0.15) is 0 Å². The maximum absolute atomic E-state index is 13.4. The van der Waals surface area contributed by atoms with Gasteiger partial charge in [0.15, 0.2) is 11.5 Å². The second-order valence-corrected chi connectivity index (χ2v) is 3.83. The van der Waals surface area contributed by atoms with Crippen molar-refractivity contribution in [2.45, 2.75) is 19.3 Å². The number of hydrogen-bond donors (Lipinski definition) is 2. The number of nitrogens with one attached hydrogen (secondary N) is 1. The van der Waals surface area contributed by atoms with Crippen molar-refractivity contribution < 1.29 is 18.5 Å². The van der Waals surface area contributed by atoms with Gasteiger partial charge in [0.05, 0.1) is 11.0 Å². The maximum atomic E-state index is 13.4. The molecule has 0 aliphatic carbocycles. The fourth-order valence-corrected chi connectivity index (χ4v) is 1.46. The lowest BCUT2D eigenvalue weighted by molar-refractivity contribution is -0.384. The zero-order valence-electron chi connectivity index (χ0n) is 9.99. The standard InChI is InChI=1S/C11H13F2N3O3/c12-7-5-8(13)11(9(6-7)16(18)19)15-10(17)3-1-2-4-14/h5-6H,1-4,14H2,(H,15,17). The Bertz CT molecular complexity index is 494. The average Bonchev–Trinajstić information content (AvgIpc) is 2.32. The van der Waals surface area contributed by atoms with Crippen LogP contribution < -0.4 is 11.1 Å². The molecule has 3 N–H and O–H groups in total. The Morgan fingerprint density at radius 2 is 2.05 bits per heavy atom. The summed E-state index contributed by atoms with van der Waals surface area (Å²) in [5.41, 5.74) is 3.81. The molecule has 0 aliphatic rings. The molecule has 6 nitrogen and oxygen atoms in total. The van der Waals surface area contributed by atoms with Crippen molar-refractivity contribution in [1.29, 1.82) is 0 Å². The van der Waals surface area contributed by atoms with Crippen LogP contribution in [-0.4, -0.2) is 17.4 Å². The Morgan fingerprint density at radius 1 is 1.37 bits per heavy atom. The molecule has 0 saturated carbocycles. The van der Waals surface area contributed by atoms with Crippen LogP contribution >= 0.6 is 0 Å². The predicted molar refractivity (Wildman–Crippen MR) is 64.5 cm³/mol. The number of nitro benzene ring substituents is 1. The van der Waals surface area contributed by atoms with Gasteiger partial charge in [-0.25, -0.2) is 8.78 Å². The van der Waals surface area contributed by atoms with Gasteiger partial charge in [0, 0.05) is 12.5 Å². The Balaban J connectivity index is 2.88. The van der Waals surface area contributed by atoms with Crippen LogP contribution in [0.25, 0.3) is 0 Å². The van der Waals surface area contributed by atoms with Crippen molar-refractivity contribution in [3.05, 3.63) is 33.9 Å². The van der Waals surface area contributed by atoms with Gasteiger partial charge in [-0.1, -0.05) is 0 Å². The molecule has 1 amide bonds. The highest BCUT2D eigenvalue weighted by molar-refractivity contribution is 5.93. The van der Waals surface area contributed by atoms with E-state index in [1.54, 1.807) is 0 Å². The van der Waals surface area contributed by atoms with Gasteiger partial charge in [-0.15, -0.1) is 0 Å². The minimum atomic E-state index is -1.18. The molecule has 0 radical (unpaired) electrons. The molecule has 0 aliphatic heterocycles. The minimum Gasteiger partial charge on any atom is -0.330 e. The number of carbonyl (C=O) groups excluding carboxylic acids is 1. The van der Waals surface area contributed by atoms with Crippen LogP contribution in [0.2, 0.25) is 0 Å². The lowest BCUT2D eigenvalue weighted by Crippen LogP contribution is -2.14. The van der Waals surface area contributed by atoms with Crippen molar-refractivity contribution in [2.75, 3.05) is 11.9 Å². The fourth-order valence-electron chi connectivity index (χ4n) is 1.46. The first kappa shape index (κ1) is 15.0. The third kappa shape index (κ3) is 4.25. The number of nitro groups is 1. The minimum absolute atomic E-state index is 0.0607. The second kappa shape index (κ2) is 6.74. The summed E-state index contributed by atoms with van der Waals surface area (Å²) in [6, 6.07) is 1.03. The number of rotatable bonds is 6. The second-order valence-electron chi connectivity index (χ2n) is 3.83. The fraction of sp³-hybridized carbons (Fsp3) is 0.364. The number of amides is 1. The van der Waals surface area contributed by atoms with E-state index in [1.807, 2.05) is 0 Å². The third-order valence-electron chi connectivity index (χ3n) is 2.35.